The van der Waals surface area contributed by atoms with Crippen LogP contribution in [0.25, 0.3) is 10.8 Å². The summed E-state index contributed by atoms with van der Waals surface area (Å²) in [6.07, 6.45) is 3.57. The first-order valence-electron chi connectivity index (χ1n) is 7.09. The van der Waals surface area contributed by atoms with Crippen LogP contribution in [0.1, 0.15) is 23.3 Å². The maximum absolute atomic E-state index is 12.8. The zero-order chi connectivity index (χ0) is 14.8. The smallest absolute Gasteiger partial charge is 0.273 e. The van der Waals surface area contributed by atoms with Gasteiger partial charge in [-0.15, -0.1) is 0 Å². The summed E-state index contributed by atoms with van der Waals surface area (Å²) in [6.45, 7) is 1.34. The van der Waals surface area contributed by atoms with Crippen molar-refractivity contribution in [1.29, 1.82) is 0 Å². The predicted molar refractivity (Wildman–Crippen MR) is 87.2 cm³/mol. The fourth-order valence-corrected chi connectivity index (χ4v) is 3.03. The second-order valence-corrected chi connectivity index (χ2v) is 5.84. The molecular formula is C16H17N3OS. The SMILES string of the molecule is NC(=S)C1CCCN(C(=O)c2nccc3ccccc23)C1. The lowest BCUT2D eigenvalue weighted by atomic mass is 9.97. The molecule has 0 saturated carbocycles. The predicted octanol–water partition coefficient (Wildman–Crippen LogP) is 2.37. The highest BCUT2D eigenvalue weighted by molar-refractivity contribution is 7.80. The van der Waals surface area contributed by atoms with E-state index in [-0.39, 0.29) is 11.8 Å². The summed E-state index contributed by atoms with van der Waals surface area (Å²) in [6, 6.07) is 9.72. The summed E-state index contributed by atoms with van der Waals surface area (Å²) in [5.41, 5.74) is 6.25. The van der Waals surface area contributed by atoms with Crippen LogP contribution in [0.4, 0.5) is 0 Å². The normalized spacial score (nSPS) is 18.7. The molecule has 2 N–H and O–H groups in total. The highest BCUT2D eigenvalue weighted by Crippen LogP contribution is 2.22. The van der Waals surface area contributed by atoms with Crippen molar-refractivity contribution in [3.05, 3.63) is 42.2 Å². The van der Waals surface area contributed by atoms with Crippen LogP contribution in [-0.4, -0.2) is 33.9 Å². The standard InChI is InChI=1S/C16H17N3OS/c17-15(21)12-5-3-9-19(10-12)16(20)14-13-6-2-1-4-11(13)7-8-18-14/h1-2,4,6-8,12H,3,5,9-10H2,(H2,17,21). The van der Waals surface area contributed by atoms with Crippen LogP contribution in [0.3, 0.4) is 0 Å². The van der Waals surface area contributed by atoms with Gasteiger partial charge in [0, 0.05) is 30.6 Å². The van der Waals surface area contributed by atoms with Crippen molar-refractivity contribution in [3.8, 4) is 0 Å². The topological polar surface area (TPSA) is 59.2 Å². The Morgan fingerprint density at radius 2 is 2.14 bits per heavy atom. The number of piperidine rings is 1. The fourth-order valence-electron chi connectivity index (χ4n) is 2.83. The molecule has 4 nitrogen and oxygen atoms in total. The van der Waals surface area contributed by atoms with Crippen LogP contribution in [0.15, 0.2) is 36.5 Å². The number of carbonyl (C=O) groups excluding carboxylic acids is 1. The lowest BCUT2D eigenvalue weighted by molar-refractivity contribution is 0.0700. The van der Waals surface area contributed by atoms with Crippen LogP contribution < -0.4 is 5.73 Å². The maximum atomic E-state index is 12.8. The van der Waals surface area contributed by atoms with E-state index in [0.717, 1.165) is 30.2 Å². The van der Waals surface area contributed by atoms with Gasteiger partial charge in [0.2, 0.25) is 0 Å². The van der Waals surface area contributed by atoms with Crippen molar-refractivity contribution < 1.29 is 4.79 Å². The van der Waals surface area contributed by atoms with Crippen LogP contribution in [0, 0.1) is 5.92 Å². The Bertz CT molecular complexity index is 695. The van der Waals surface area contributed by atoms with E-state index in [1.165, 1.54) is 0 Å². The average Bonchev–Trinajstić information content (AvgIpc) is 2.53. The zero-order valence-corrected chi connectivity index (χ0v) is 12.5. The third-order valence-corrected chi connectivity index (χ3v) is 4.32. The van der Waals surface area contributed by atoms with Crippen LogP contribution >= 0.6 is 12.2 Å². The molecule has 21 heavy (non-hydrogen) atoms. The highest BCUT2D eigenvalue weighted by atomic mass is 32.1. The molecular weight excluding hydrogens is 282 g/mol. The van der Waals surface area contributed by atoms with Crippen molar-refractivity contribution in [1.82, 2.24) is 9.88 Å². The van der Waals surface area contributed by atoms with Crippen molar-refractivity contribution in [3.63, 3.8) is 0 Å². The molecule has 0 spiro atoms. The van der Waals surface area contributed by atoms with E-state index in [1.807, 2.05) is 35.2 Å². The van der Waals surface area contributed by atoms with Gasteiger partial charge in [-0.3, -0.25) is 9.78 Å². The van der Waals surface area contributed by atoms with E-state index in [9.17, 15) is 4.79 Å². The molecule has 1 saturated heterocycles. The van der Waals surface area contributed by atoms with E-state index in [4.69, 9.17) is 18.0 Å². The van der Waals surface area contributed by atoms with Crippen molar-refractivity contribution in [2.24, 2.45) is 11.7 Å². The second-order valence-electron chi connectivity index (χ2n) is 5.37. The van der Waals surface area contributed by atoms with Crippen molar-refractivity contribution >= 4 is 33.9 Å². The van der Waals surface area contributed by atoms with Gasteiger partial charge in [-0.2, -0.15) is 0 Å². The number of hydrogen-bond donors (Lipinski definition) is 1. The first-order chi connectivity index (χ1) is 10.2. The molecule has 1 aromatic heterocycles. The summed E-state index contributed by atoms with van der Waals surface area (Å²) in [5.74, 6) is 0.0837. The summed E-state index contributed by atoms with van der Waals surface area (Å²) in [4.78, 5) is 19.4. The van der Waals surface area contributed by atoms with E-state index < -0.39 is 0 Å². The van der Waals surface area contributed by atoms with Gasteiger partial charge in [0.1, 0.15) is 5.69 Å². The third kappa shape index (κ3) is 2.74. The number of thiocarbonyl (C=S) groups is 1. The number of rotatable bonds is 2. The molecule has 1 amide bonds. The van der Waals surface area contributed by atoms with Crippen LogP contribution in [0.5, 0.6) is 0 Å². The molecule has 108 valence electrons. The van der Waals surface area contributed by atoms with Gasteiger partial charge < -0.3 is 10.6 Å². The van der Waals surface area contributed by atoms with Crippen LogP contribution in [0.2, 0.25) is 0 Å². The Labute approximate surface area is 129 Å². The maximum Gasteiger partial charge on any atom is 0.273 e. The van der Waals surface area contributed by atoms with Crippen molar-refractivity contribution in [2.45, 2.75) is 12.8 Å². The van der Waals surface area contributed by atoms with Gasteiger partial charge in [-0.05, 0) is 24.3 Å². The number of fused-ring (bicyclic) bond motifs is 1. The minimum atomic E-state index is -0.0345. The number of benzene rings is 1. The molecule has 1 fully saturated rings. The first-order valence-corrected chi connectivity index (χ1v) is 7.50. The quantitative estimate of drug-likeness (QED) is 0.865. The molecule has 3 rings (SSSR count). The molecule has 1 aliphatic rings. The van der Waals surface area contributed by atoms with Gasteiger partial charge in [0.05, 0.1) is 4.99 Å². The number of amides is 1. The largest absolute Gasteiger partial charge is 0.393 e. The molecule has 1 unspecified atom stereocenters. The number of aromatic nitrogens is 1. The summed E-state index contributed by atoms with van der Waals surface area (Å²) >= 11 is 5.07. The molecule has 5 heteroatoms. The molecule has 2 aromatic rings. The number of nitrogens with two attached hydrogens (primary N) is 1. The molecule has 1 atom stereocenters. The van der Waals surface area contributed by atoms with Crippen molar-refractivity contribution in [2.75, 3.05) is 13.1 Å². The van der Waals surface area contributed by atoms with E-state index in [0.29, 0.717) is 17.2 Å². The molecule has 0 bridgehead atoms. The second kappa shape index (κ2) is 5.77. The molecule has 1 aromatic carbocycles. The summed E-state index contributed by atoms with van der Waals surface area (Å²) < 4.78 is 0. The van der Waals surface area contributed by atoms with E-state index >= 15 is 0 Å². The molecule has 2 heterocycles. The summed E-state index contributed by atoms with van der Waals surface area (Å²) in [7, 11) is 0. The minimum Gasteiger partial charge on any atom is -0.393 e. The fraction of sp³-hybridized carbons (Fsp3) is 0.312. The zero-order valence-electron chi connectivity index (χ0n) is 11.7. The van der Waals surface area contributed by atoms with Gasteiger partial charge in [0.25, 0.3) is 5.91 Å². The van der Waals surface area contributed by atoms with Gasteiger partial charge in [0.15, 0.2) is 0 Å². The van der Waals surface area contributed by atoms with E-state index in [2.05, 4.69) is 4.98 Å². The monoisotopic (exact) mass is 299 g/mol. The summed E-state index contributed by atoms with van der Waals surface area (Å²) in [5, 5.41) is 1.92. The lowest BCUT2D eigenvalue weighted by Crippen LogP contribution is -2.43. The number of carbonyl (C=O) groups is 1. The van der Waals surface area contributed by atoms with Crippen LogP contribution in [-0.2, 0) is 0 Å². The first kappa shape index (κ1) is 13.9. The molecule has 0 radical (unpaired) electrons. The third-order valence-electron chi connectivity index (χ3n) is 3.99. The van der Waals surface area contributed by atoms with Gasteiger partial charge in [-0.1, -0.05) is 36.5 Å². The van der Waals surface area contributed by atoms with Gasteiger partial charge in [-0.25, -0.2) is 0 Å². The van der Waals surface area contributed by atoms with Gasteiger partial charge >= 0.3 is 0 Å². The Hall–Kier alpha value is -2.01. The highest BCUT2D eigenvalue weighted by Gasteiger charge is 2.27. The number of nitrogens with zero attached hydrogens (tertiary/aromatic N) is 2. The Balaban J connectivity index is 1.92. The molecule has 1 aliphatic heterocycles. The number of pyridine rings is 1. The Kier molecular flexibility index (Phi) is 3.84. The number of hydrogen-bond acceptors (Lipinski definition) is 3. The molecule has 0 aliphatic carbocycles. The average molecular weight is 299 g/mol. The Morgan fingerprint density at radius 1 is 1.33 bits per heavy atom. The van der Waals surface area contributed by atoms with E-state index in [1.54, 1.807) is 6.20 Å². The lowest BCUT2D eigenvalue weighted by Gasteiger charge is -2.32. The number of likely N-dealkylation sites (tertiary alicyclic amines) is 1. The minimum absolute atomic E-state index is 0.0345. The Morgan fingerprint density at radius 3 is 2.95 bits per heavy atom.